The van der Waals surface area contributed by atoms with Gasteiger partial charge in [0.2, 0.25) is 10.0 Å². The summed E-state index contributed by atoms with van der Waals surface area (Å²) in [5, 5.41) is 11.0. The number of hydrogen-bond acceptors (Lipinski definition) is 5. The number of nitrogens with zero attached hydrogens (tertiary/aromatic N) is 3. The van der Waals surface area contributed by atoms with E-state index in [-0.39, 0.29) is 17.9 Å². The number of aryl methyl sites for hydroxylation is 1. The molecule has 0 bridgehead atoms. The van der Waals surface area contributed by atoms with Crippen LogP contribution in [0.25, 0.3) is 0 Å². The summed E-state index contributed by atoms with van der Waals surface area (Å²) in [6, 6.07) is 6.23. The second-order valence-electron chi connectivity index (χ2n) is 5.33. The number of nitro groups is 1. The Bertz CT molecular complexity index is 704. The summed E-state index contributed by atoms with van der Waals surface area (Å²) in [6.07, 6.45) is 5.38. The van der Waals surface area contributed by atoms with Crippen LogP contribution in [0.2, 0.25) is 0 Å². The van der Waals surface area contributed by atoms with Gasteiger partial charge in [0.15, 0.2) is 0 Å². The van der Waals surface area contributed by atoms with Crippen LogP contribution in [0.1, 0.15) is 5.56 Å². The third-order valence-corrected chi connectivity index (χ3v) is 5.73. The largest absolute Gasteiger partial charge is 0.290 e. The number of sulfonamides is 1. The fourth-order valence-corrected chi connectivity index (χ4v) is 4.02. The summed E-state index contributed by atoms with van der Waals surface area (Å²) in [4.78, 5) is 12.5. The summed E-state index contributed by atoms with van der Waals surface area (Å²) < 4.78 is 26.2. The summed E-state index contributed by atoms with van der Waals surface area (Å²) in [5.41, 5.74) is 0.397. The Balaban J connectivity index is 1.98. The van der Waals surface area contributed by atoms with Crippen LogP contribution in [0.5, 0.6) is 0 Å². The van der Waals surface area contributed by atoms with Gasteiger partial charge < -0.3 is 0 Å². The van der Waals surface area contributed by atoms with E-state index in [9.17, 15) is 18.5 Å². The zero-order chi connectivity index (χ0) is 16.9. The molecule has 1 fully saturated rings. The minimum absolute atomic E-state index is 0.0402. The van der Waals surface area contributed by atoms with E-state index in [1.54, 1.807) is 18.2 Å². The first-order valence-corrected chi connectivity index (χ1v) is 8.91. The molecule has 0 atom stereocenters. The van der Waals surface area contributed by atoms with Crippen LogP contribution in [-0.4, -0.2) is 61.0 Å². The van der Waals surface area contributed by atoms with Crippen LogP contribution >= 0.6 is 0 Å². The number of para-hydroxylation sites is 1. The molecule has 1 aliphatic heterocycles. The van der Waals surface area contributed by atoms with Gasteiger partial charge in [-0.2, -0.15) is 4.31 Å². The van der Waals surface area contributed by atoms with E-state index >= 15 is 0 Å². The molecule has 1 aliphatic rings. The van der Waals surface area contributed by atoms with Gasteiger partial charge in [0.1, 0.15) is 0 Å². The highest BCUT2D eigenvalue weighted by molar-refractivity contribution is 7.89. The van der Waals surface area contributed by atoms with Crippen LogP contribution in [0.4, 0.5) is 5.69 Å². The van der Waals surface area contributed by atoms with Gasteiger partial charge in [0.05, 0.1) is 17.2 Å². The number of rotatable bonds is 6. The number of benzene rings is 1. The zero-order valence-electron chi connectivity index (χ0n) is 12.7. The van der Waals surface area contributed by atoms with Gasteiger partial charge in [0.25, 0.3) is 5.69 Å². The fourth-order valence-electron chi connectivity index (χ4n) is 2.56. The van der Waals surface area contributed by atoms with Gasteiger partial charge in [-0.3, -0.25) is 15.0 Å². The molecule has 1 heterocycles. The first kappa shape index (κ1) is 17.4. The SMILES string of the molecule is C#CCN1CCN(S(=O)(=O)CCc2ccccc2[N+](=O)[O-])CC1. The minimum Gasteiger partial charge on any atom is -0.290 e. The molecular formula is C15H19N3O4S. The highest BCUT2D eigenvalue weighted by atomic mass is 32.2. The van der Waals surface area contributed by atoms with Gasteiger partial charge in [0, 0.05) is 37.8 Å². The van der Waals surface area contributed by atoms with Crippen molar-refractivity contribution < 1.29 is 13.3 Å². The second kappa shape index (κ2) is 7.55. The van der Waals surface area contributed by atoms with Crippen molar-refractivity contribution in [3.63, 3.8) is 0 Å². The molecule has 0 saturated carbocycles. The first-order valence-electron chi connectivity index (χ1n) is 7.30. The van der Waals surface area contributed by atoms with E-state index in [1.165, 1.54) is 10.4 Å². The second-order valence-corrected chi connectivity index (χ2v) is 7.42. The molecule has 0 N–H and O–H groups in total. The average molecular weight is 337 g/mol. The van der Waals surface area contributed by atoms with Gasteiger partial charge >= 0.3 is 0 Å². The maximum Gasteiger partial charge on any atom is 0.272 e. The van der Waals surface area contributed by atoms with Gasteiger partial charge in [-0.15, -0.1) is 6.42 Å². The first-order chi connectivity index (χ1) is 10.9. The fraction of sp³-hybridized carbons (Fsp3) is 0.467. The van der Waals surface area contributed by atoms with E-state index < -0.39 is 14.9 Å². The number of piperazine rings is 1. The molecule has 0 radical (unpaired) electrons. The van der Waals surface area contributed by atoms with Crippen molar-refractivity contribution in [3.8, 4) is 12.3 Å². The van der Waals surface area contributed by atoms with E-state index in [1.807, 2.05) is 4.90 Å². The molecule has 8 heteroatoms. The Hall–Kier alpha value is -1.95. The third kappa shape index (κ3) is 4.51. The van der Waals surface area contributed by atoms with Gasteiger partial charge in [-0.25, -0.2) is 8.42 Å². The number of terminal acetylenes is 1. The molecule has 0 aromatic heterocycles. The van der Waals surface area contributed by atoms with Crippen molar-refractivity contribution >= 4 is 15.7 Å². The Morgan fingerprint density at radius 2 is 1.87 bits per heavy atom. The molecule has 0 aliphatic carbocycles. The lowest BCUT2D eigenvalue weighted by molar-refractivity contribution is -0.385. The summed E-state index contributed by atoms with van der Waals surface area (Å²) in [5.74, 6) is 2.42. The van der Waals surface area contributed by atoms with Crippen LogP contribution in [0.15, 0.2) is 24.3 Å². The lowest BCUT2D eigenvalue weighted by Gasteiger charge is -2.32. The lowest BCUT2D eigenvalue weighted by Crippen LogP contribution is -2.49. The van der Waals surface area contributed by atoms with Gasteiger partial charge in [-0.1, -0.05) is 24.1 Å². The van der Waals surface area contributed by atoms with Crippen LogP contribution < -0.4 is 0 Å². The Labute approximate surface area is 136 Å². The Morgan fingerprint density at radius 1 is 1.22 bits per heavy atom. The topological polar surface area (TPSA) is 83.8 Å². The molecule has 1 aromatic rings. The van der Waals surface area contributed by atoms with Crippen molar-refractivity contribution in [2.24, 2.45) is 0 Å². The zero-order valence-corrected chi connectivity index (χ0v) is 13.5. The van der Waals surface area contributed by atoms with Crippen LogP contribution in [-0.2, 0) is 16.4 Å². The summed E-state index contributed by atoms with van der Waals surface area (Å²) >= 11 is 0. The van der Waals surface area contributed by atoms with Crippen molar-refractivity contribution in [2.75, 3.05) is 38.5 Å². The minimum atomic E-state index is -3.43. The molecule has 2 rings (SSSR count). The highest BCUT2D eigenvalue weighted by Gasteiger charge is 2.27. The maximum atomic E-state index is 12.4. The predicted octanol–water partition coefficient (Wildman–Crippen LogP) is 0.718. The Morgan fingerprint density at radius 3 is 2.48 bits per heavy atom. The summed E-state index contributed by atoms with van der Waals surface area (Å²) in [7, 11) is -3.43. The molecular weight excluding hydrogens is 318 g/mol. The number of hydrogen-bond donors (Lipinski definition) is 0. The predicted molar refractivity (Wildman–Crippen MR) is 87.4 cm³/mol. The van der Waals surface area contributed by atoms with Crippen LogP contribution in [0, 0.1) is 22.5 Å². The van der Waals surface area contributed by atoms with Gasteiger partial charge in [-0.05, 0) is 6.42 Å². The molecule has 0 amide bonds. The highest BCUT2D eigenvalue weighted by Crippen LogP contribution is 2.19. The smallest absolute Gasteiger partial charge is 0.272 e. The van der Waals surface area contributed by atoms with Crippen molar-refractivity contribution in [1.82, 2.24) is 9.21 Å². The standard InChI is InChI=1S/C15H19N3O4S/c1-2-8-16-9-11-17(12-10-16)23(21,22)13-7-14-5-3-4-6-15(14)18(19)20/h1,3-6H,7-13H2. The van der Waals surface area contributed by atoms with Crippen molar-refractivity contribution in [3.05, 3.63) is 39.9 Å². The van der Waals surface area contributed by atoms with E-state index in [0.717, 1.165) is 0 Å². The van der Waals surface area contributed by atoms with Crippen molar-refractivity contribution in [2.45, 2.75) is 6.42 Å². The van der Waals surface area contributed by atoms with E-state index in [4.69, 9.17) is 6.42 Å². The maximum absolute atomic E-state index is 12.4. The number of nitro benzene ring substituents is 1. The lowest BCUT2D eigenvalue weighted by atomic mass is 10.1. The molecule has 7 nitrogen and oxygen atoms in total. The van der Waals surface area contributed by atoms with Crippen molar-refractivity contribution in [1.29, 1.82) is 0 Å². The summed E-state index contributed by atoms with van der Waals surface area (Å²) in [6.45, 7) is 2.54. The third-order valence-electron chi connectivity index (χ3n) is 3.86. The monoisotopic (exact) mass is 337 g/mol. The van der Waals surface area contributed by atoms with Crippen LogP contribution in [0.3, 0.4) is 0 Å². The molecule has 0 spiro atoms. The molecule has 1 saturated heterocycles. The molecule has 0 unspecified atom stereocenters. The Kier molecular flexibility index (Phi) is 5.71. The molecule has 23 heavy (non-hydrogen) atoms. The quantitative estimate of drug-likeness (QED) is 0.434. The normalized spacial score (nSPS) is 16.8. The molecule has 1 aromatic carbocycles. The average Bonchev–Trinajstić information content (AvgIpc) is 2.54. The van der Waals surface area contributed by atoms with E-state index in [2.05, 4.69) is 5.92 Å². The van der Waals surface area contributed by atoms with E-state index in [0.29, 0.717) is 38.3 Å². The molecule has 124 valence electrons.